The number of thiazole rings is 1. The minimum Gasteiger partial charge on any atom is -0.463 e. The first-order valence-corrected chi connectivity index (χ1v) is 10.2. The highest BCUT2D eigenvalue weighted by molar-refractivity contribution is 7.20. The number of aromatic nitrogens is 1. The van der Waals surface area contributed by atoms with Crippen molar-refractivity contribution in [1.82, 2.24) is 4.98 Å². The number of nitrogens with one attached hydrogen (secondary N) is 2. The summed E-state index contributed by atoms with van der Waals surface area (Å²) in [5, 5.41) is 8.41. The lowest BCUT2D eigenvalue weighted by Crippen LogP contribution is -2.14. The third kappa shape index (κ3) is 5.01. The maximum absolute atomic E-state index is 12.6. The summed E-state index contributed by atoms with van der Waals surface area (Å²) in [5.74, 6) is 0.540. The van der Waals surface area contributed by atoms with Crippen LogP contribution in [0.5, 0.6) is 0 Å². The molecule has 4 rings (SSSR count). The molecule has 0 atom stereocenters. The van der Waals surface area contributed by atoms with Gasteiger partial charge in [-0.1, -0.05) is 71.5 Å². The molecule has 0 radical (unpaired) electrons. The normalized spacial score (nSPS) is 11.0. The first-order valence-electron chi connectivity index (χ1n) is 9.41. The van der Waals surface area contributed by atoms with Crippen LogP contribution in [0.4, 0.5) is 10.1 Å². The molecule has 0 unspecified atom stereocenters. The standard InChI is InChI=1S/C23H20N4O2S/c1-16-9-11-18(12-10-16)21-22(25-20(28)14-17-6-3-2-4-7-17)30-23(26-21)27-24-15-19-8-5-13-29-19/h2-13,15H,14H2,1H3,(H,25,28)(H,26,27). The van der Waals surface area contributed by atoms with Crippen molar-refractivity contribution in [2.24, 2.45) is 5.10 Å². The smallest absolute Gasteiger partial charge is 0.229 e. The van der Waals surface area contributed by atoms with Crippen molar-refractivity contribution >= 4 is 33.6 Å². The predicted molar refractivity (Wildman–Crippen MR) is 121 cm³/mol. The molecule has 0 bridgehead atoms. The third-order valence-corrected chi connectivity index (χ3v) is 5.18. The van der Waals surface area contributed by atoms with E-state index in [1.165, 1.54) is 11.3 Å². The van der Waals surface area contributed by atoms with E-state index in [-0.39, 0.29) is 5.91 Å². The fourth-order valence-electron chi connectivity index (χ4n) is 2.83. The van der Waals surface area contributed by atoms with E-state index < -0.39 is 0 Å². The summed E-state index contributed by atoms with van der Waals surface area (Å²) in [6, 6.07) is 21.3. The number of carbonyl (C=O) groups excluding carboxylic acids is 1. The Labute approximate surface area is 178 Å². The van der Waals surface area contributed by atoms with Gasteiger partial charge in [-0.15, -0.1) is 0 Å². The van der Waals surface area contributed by atoms with E-state index in [1.54, 1.807) is 24.6 Å². The molecule has 2 N–H and O–H groups in total. The molecule has 0 saturated carbocycles. The first-order chi connectivity index (χ1) is 14.7. The van der Waals surface area contributed by atoms with Crippen molar-refractivity contribution in [3.05, 3.63) is 89.9 Å². The molecule has 1 amide bonds. The lowest BCUT2D eigenvalue weighted by molar-refractivity contribution is -0.115. The third-order valence-electron chi connectivity index (χ3n) is 4.31. The highest BCUT2D eigenvalue weighted by Gasteiger charge is 2.16. The predicted octanol–water partition coefficient (Wildman–Crippen LogP) is 5.34. The van der Waals surface area contributed by atoms with E-state index >= 15 is 0 Å². The Morgan fingerprint density at radius 1 is 1.10 bits per heavy atom. The Morgan fingerprint density at radius 3 is 2.63 bits per heavy atom. The summed E-state index contributed by atoms with van der Waals surface area (Å²) < 4.78 is 5.23. The van der Waals surface area contributed by atoms with Crippen molar-refractivity contribution < 1.29 is 9.21 Å². The minimum atomic E-state index is -0.0937. The topological polar surface area (TPSA) is 79.5 Å². The van der Waals surface area contributed by atoms with Gasteiger partial charge in [0.25, 0.3) is 0 Å². The second-order valence-corrected chi connectivity index (χ2v) is 7.66. The fraction of sp³-hybridized carbons (Fsp3) is 0.0870. The maximum Gasteiger partial charge on any atom is 0.229 e. The number of rotatable bonds is 7. The van der Waals surface area contributed by atoms with Crippen LogP contribution in [0, 0.1) is 6.92 Å². The van der Waals surface area contributed by atoms with Gasteiger partial charge < -0.3 is 9.73 Å². The van der Waals surface area contributed by atoms with Crippen LogP contribution >= 0.6 is 11.3 Å². The van der Waals surface area contributed by atoms with Crippen molar-refractivity contribution in [3.63, 3.8) is 0 Å². The number of anilines is 2. The average Bonchev–Trinajstić information content (AvgIpc) is 3.40. The van der Waals surface area contributed by atoms with Gasteiger partial charge in [-0.3, -0.25) is 10.2 Å². The molecule has 0 spiro atoms. The lowest BCUT2D eigenvalue weighted by Gasteiger charge is -2.06. The molecule has 4 aromatic rings. The number of hydrazone groups is 1. The number of aryl methyl sites for hydroxylation is 1. The second kappa shape index (κ2) is 9.19. The summed E-state index contributed by atoms with van der Waals surface area (Å²) in [6.45, 7) is 2.03. The zero-order valence-corrected chi connectivity index (χ0v) is 17.1. The molecular weight excluding hydrogens is 396 g/mol. The Morgan fingerprint density at radius 2 is 1.90 bits per heavy atom. The quantitative estimate of drug-likeness (QED) is 0.315. The van der Waals surface area contributed by atoms with E-state index in [1.807, 2.05) is 61.5 Å². The van der Waals surface area contributed by atoms with Gasteiger partial charge in [0, 0.05) is 5.56 Å². The van der Waals surface area contributed by atoms with Gasteiger partial charge in [-0.2, -0.15) is 5.10 Å². The molecule has 2 aromatic heterocycles. The van der Waals surface area contributed by atoms with E-state index in [0.717, 1.165) is 16.7 Å². The Kier molecular flexibility index (Phi) is 6.01. The van der Waals surface area contributed by atoms with Gasteiger partial charge >= 0.3 is 0 Å². The van der Waals surface area contributed by atoms with E-state index in [9.17, 15) is 4.79 Å². The average molecular weight is 417 g/mol. The Bertz CT molecular complexity index is 1130. The summed E-state index contributed by atoms with van der Waals surface area (Å²) in [7, 11) is 0. The van der Waals surface area contributed by atoms with Crippen LogP contribution < -0.4 is 10.7 Å². The summed E-state index contributed by atoms with van der Waals surface area (Å²) >= 11 is 1.34. The number of furan rings is 1. The van der Waals surface area contributed by atoms with Crippen LogP contribution in [0.15, 0.2) is 82.5 Å². The fourth-order valence-corrected chi connectivity index (χ4v) is 3.68. The number of benzene rings is 2. The van der Waals surface area contributed by atoms with Gasteiger partial charge in [0.05, 0.1) is 18.9 Å². The van der Waals surface area contributed by atoms with E-state index in [2.05, 4.69) is 20.8 Å². The van der Waals surface area contributed by atoms with E-state index in [0.29, 0.717) is 28.0 Å². The van der Waals surface area contributed by atoms with Crippen LogP contribution in [0.2, 0.25) is 0 Å². The molecule has 6 nitrogen and oxygen atoms in total. The van der Waals surface area contributed by atoms with Crippen LogP contribution in [-0.4, -0.2) is 17.1 Å². The monoisotopic (exact) mass is 416 g/mol. The van der Waals surface area contributed by atoms with Gasteiger partial charge in [-0.25, -0.2) is 4.98 Å². The Hall–Kier alpha value is -3.71. The molecule has 7 heteroatoms. The summed E-state index contributed by atoms with van der Waals surface area (Å²) in [6.07, 6.45) is 3.45. The van der Waals surface area contributed by atoms with Crippen molar-refractivity contribution in [2.45, 2.75) is 13.3 Å². The molecule has 0 fully saturated rings. The number of amides is 1. The largest absolute Gasteiger partial charge is 0.463 e. The molecule has 0 aliphatic rings. The van der Waals surface area contributed by atoms with E-state index in [4.69, 9.17) is 4.42 Å². The lowest BCUT2D eigenvalue weighted by atomic mass is 10.1. The molecule has 0 aliphatic carbocycles. The Balaban J connectivity index is 1.55. The highest BCUT2D eigenvalue weighted by atomic mass is 32.1. The van der Waals surface area contributed by atoms with Crippen molar-refractivity contribution in [3.8, 4) is 11.3 Å². The van der Waals surface area contributed by atoms with Crippen molar-refractivity contribution in [2.75, 3.05) is 10.7 Å². The second-order valence-electron chi connectivity index (χ2n) is 6.66. The minimum absolute atomic E-state index is 0.0937. The van der Waals surface area contributed by atoms with Crippen LogP contribution in [0.1, 0.15) is 16.9 Å². The zero-order valence-electron chi connectivity index (χ0n) is 16.3. The van der Waals surface area contributed by atoms with Gasteiger partial charge in [0.15, 0.2) is 0 Å². The van der Waals surface area contributed by atoms with Crippen LogP contribution in [0.3, 0.4) is 0 Å². The van der Waals surface area contributed by atoms with Gasteiger partial charge in [0.2, 0.25) is 11.0 Å². The van der Waals surface area contributed by atoms with Gasteiger partial charge in [-0.05, 0) is 24.6 Å². The number of hydrogen-bond donors (Lipinski definition) is 2. The molecule has 150 valence electrons. The first kappa shape index (κ1) is 19.6. The SMILES string of the molecule is Cc1ccc(-c2nc(NN=Cc3ccco3)sc2NC(=O)Cc2ccccc2)cc1. The molecule has 2 aromatic carbocycles. The van der Waals surface area contributed by atoms with Gasteiger partial charge in [0.1, 0.15) is 16.5 Å². The molecule has 30 heavy (non-hydrogen) atoms. The molecule has 0 aliphatic heterocycles. The maximum atomic E-state index is 12.6. The summed E-state index contributed by atoms with van der Waals surface area (Å²) in [5.41, 5.74) is 6.66. The summed E-state index contributed by atoms with van der Waals surface area (Å²) in [4.78, 5) is 17.2. The van der Waals surface area contributed by atoms with Crippen LogP contribution in [-0.2, 0) is 11.2 Å². The number of hydrogen-bond acceptors (Lipinski definition) is 6. The number of carbonyl (C=O) groups is 1. The molecular formula is C23H20N4O2S. The molecule has 2 heterocycles. The molecule has 0 saturated heterocycles. The number of nitrogens with zero attached hydrogens (tertiary/aromatic N) is 2. The zero-order chi connectivity index (χ0) is 20.8. The van der Waals surface area contributed by atoms with Crippen molar-refractivity contribution in [1.29, 1.82) is 0 Å². The highest BCUT2D eigenvalue weighted by Crippen LogP contribution is 2.36. The van der Waals surface area contributed by atoms with Crippen LogP contribution in [0.25, 0.3) is 11.3 Å².